The molecule has 1 aromatic rings. The first-order valence-corrected chi connectivity index (χ1v) is 7.72. The van der Waals surface area contributed by atoms with E-state index in [4.69, 9.17) is 10.5 Å². The summed E-state index contributed by atoms with van der Waals surface area (Å²) in [5.74, 6) is 0.441. The lowest BCUT2D eigenvalue weighted by Crippen LogP contribution is -2.35. The third-order valence-corrected chi connectivity index (χ3v) is 4.63. The second-order valence-corrected chi connectivity index (χ2v) is 5.80. The molecule has 112 valence electrons. The highest BCUT2D eigenvalue weighted by molar-refractivity contribution is 7.11. The van der Waals surface area contributed by atoms with E-state index in [1.165, 1.54) is 31.5 Å². The zero-order chi connectivity index (χ0) is 14.5. The van der Waals surface area contributed by atoms with Gasteiger partial charge in [-0.2, -0.15) is 4.37 Å². The molecule has 0 bridgehead atoms. The lowest BCUT2D eigenvalue weighted by molar-refractivity contribution is 0.0603. The minimum atomic E-state index is -0.431. The molecule has 0 radical (unpaired) electrons. The molecule has 3 N–H and O–H groups in total. The summed E-state index contributed by atoms with van der Waals surface area (Å²) in [6.07, 6.45) is 2.37. The SMILES string of the molecule is CCN1CCC(CNc2snc(N)c2C(=O)OC)CC1. The van der Waals surface area contributed by atoms with Crippen LogP contribution in [0.3, 0.4) is 0 Å². The Morgan fingerprint density at radius 1 is 1.55 bits per heavy atom. The van der Waals surface area contributed by atoms with Gasteiger partial charge in [0.05, 0.1) is 7.11 Å². The zero-order valence-electron chi connectivity index (χ0n) is 12.0. The van der Waals surface area contributed by atoms with Crippen molar-refractivity contribution in [2.75, 3.05) is 44.3 Å². The number of carbonyl (C=O) groups is 1. The Balaban J connectivity index is 1.90. The highest BCUT2D eigenvalue weighted by atomic mass is 32.1. The number of likely N-dealkylation sites (tertiary alicyclic amines) is 1. The molecule has 0 amide bonds. The van der Waals surface area contributed by atoms with Crippen molar-refractivity contribution >= 4 is 28.3 Å². The second kappa shape index (κ2) is 6.90. The Hall–Kier alpha value is -1.34. The Bertz CT molecular complexity index is 455. The standard InChI is InChI=1S/C13H22N4O2S/c1-3-17-6-4-9(5-7-17)8-15-12-10(13(18)19-2)11(14)16-20-12/h9,15H,3-8H2,1-2H3,(H2,14,16). The Labute approximate surface area is 123 Å². The number of anilines is 2. The summed E-state index contributed by atoms with van der Waals surface area (Å²) < 4.78 is 8.76. The number of nitrogens with two attached hydrogens (primary N) is 1. The number of nitrogens with one attached hydrogen (secondary N) is 1. The van der Waals surface area contributed by atoms with E-state index in [9.17, 15) is 4.79 Å². The Kier molecular flexibility index (Phi) is 5.19. The van der Waals surface area contributed by atoms with Gasteiger partial charge in [0.1, 0.15) is 10.6 Å². The highest BCUT2D eigenvalue weighted by Crippen LogP contribution is 2.28. The lowest BCUT2D eigenvalue weighted by atomic mass is 9.97. The quantitative estimate of drug-likeness (QED) is 0.805. The number of hydrogen-bond acceptors (Lipinski definition) is 7. The molecule has 1 aromatic heterocycles. The van der Waals surface area contributed by atoms with Gasteiger partial charge in [-0.05, 0) is 49.9 Å². The van der Waals surface area contributed by atoms with Crippen LogP contribution >= 0.6 is 11.5 Å². The van der Waals surface area contributed by atoms with E-state index in [1.54, 1.807) is 0 Å². The van der Waals surface area contributed by atoms with Crippen molar-refractivity contribution in [2.45, 2.75) is 19.8 Å². The predicted octanol–water partition coefficient (Wildman–Crippen LogP) is 1.66. The van der Waals surface area contributed by atoms with Crippen LogP contribution in [0, 0.1) is 5.92 Å². The molecule has 2 rings (SSSR count). The summed E-state index contributed by atoms with van der Waals surface area (Å²) in [5, 5.41) is 4.02. The van der Waals surface area contributed by atoms with Gasteiger partial charge in [-0.15, -0.1) is 0 Å². The van der Waals surface area contributed by atoms with Crippen molar-refractivity contribution in [3.8, 4) is 0 Å². The topological polar surface area (TPSA) is 80.5 Å². The summed E-state index contributed by atoms with van der Waals surface area (Å²) >= 11 is 1.22. The smallest absolute Gasteiger partial charge is 0.344 e. The molecule has 20 heavy (non-hydrogen) atoms. The number of piperidine rings is 1. The van der Waals surface area contributed by atoms with Gasteiger partial charge in [-0.25, -0.2) is 4.79 Å². The third kappa shape index (κ3) is 3.40. The summed E-state index contributed by atoms with van der Waals surface area (Å²) in [6, 6.07) is 0. The van der Waals surface area contributed by atoms with Crippen LogP contribution in [0.2, 0.25) is 0 Å². The number of carbonyl (C=O) groups excluding carboxylic acids is 1. The average Bonchev–Trinajstić information content (AvgIpc) is 2.86. The Morgan fingerprint density at radius 3 is 2.85 bits per heavy atom. The summed E-state index contributed by atoms with van der Waals surface area (Å²) in [6.45, 7) is 6.47. The monoisotopic (exact) mass is 298 g/mol. The molecule has 0 saturated carbocycles. The van der Waals surface area contributed by atoms with E-state index < -0.39 is 5.97 Å². The maximum absolute atomic E-state index is 11.7. The van der Waals surface area contributed by atoms with Crippen molar-refractivity contribution in [1.29, 1.82) is 0 Å². The molecule has 1 fully saturated rings. The molecule has 2 heterocycles. The molecule has 0 aromatic carbocycles. The van der Waals surface area contributed by atoms with E-state index in [2.05, 4.69) is 21.5 Å². The third-order valence-electron chi connectivity index (χ3n) is 3.81. The van der Waals surface area contributed by atoms with Crippen LogP contribution in [0.25, 0.3) is 0 Å². The predicted molar refractivity (Wildman–Crippen MR) is 81.2 cm³/mol. The zero-order valence-corrected chi connectivity index (χ0v) is 12.8. The fraction of sp³-hybridized carbons (Fsp3) is 0.692. The molecular formula is C13H22N4O2S. The number of hydrogen-bond donors (Lipinski definition) is 2. The van der Waals surface area contributed by atoms with E-state index in [0.717, 1.165) is 26.2 Å². The van der Waals surface area contributed by atoms with E-state index >= 15 is 0 Å². The first-order chi connectivity index (χ1) is 9.65. The second-order valence-electron chi connectivity index (χ2n) is 5.02. The van der Waals surface area contributed by atoms with Crippen LogP contribution < -0.4 is 11.1 Å². The highest BCUT2D eigenvalue weighted by Gasteiger charge is 2.22. The maximum atomic E-state index is 11.7. The van der Waals surface area contributed by atoms with Crippen LogP contribution in [0.15, 0.2) is 0 Å². The number of rotatable bonds is 5. The largest absolute Gasteiger partial charge is 0.465 e. The van der Waals surface area contributed by atoms with Crippen LogP contribution in [-0.2, 0) is 4.74 Å². The number of nitrogens with zero attached hydrogens (tertiary/aromatic N) is 2. The van der Waals surface area contributed by atoms with E-state index in [1.807, 2.05) is 0 Å². The van der Waals surface area contributed by atoms with Gasteiger partial charge in [0, 0.05) is 6.54 Å². The Morgan fingerprint density at radius 2 is 2.25 bits per heavy atom. The van der Waals surface area contributed by atoms with Gasteiger partial charge in [-0.3, -0.25) is 0 Å². The molecule has 1 aliphatic heterocycles. The molecule has 0 spiro atoms. The van der Waals surface area contributed by atoms with E-state index in [-0.39, 0.29) is 5.82 Å². The first-order valence-electron chi connectivity index (χ1n) is 6.95. The average molecular weight is 298 g/mol. The molecule has 0 atom stereocenters. The van der Waals surface area contributed by atoms with Crippen molar-refractivity contribution in [3.63, 3.8) is 0 Å². The molecule has 0 unspecified atom stereocenters. The maximum Gasteiger partial charge on any atom is 0.344 e. The lowest BCUT2D eigenvalue weighted by Gasteiger charge is -2.31. The van der Waals surface area contributed by atoms with E-state index in [0.29, 0.717) is 16.5 Å². The molecule has 1 aliphatic rings. The summed E-state index contributed by atoms with van der Waals surface area (Å²) in [5.41, 5.74) is 6.08. The van der Waals surface area contributed by atoms with Gasteiger partial charge in [-0.1, -0.05) is 6.92 Å². The van der Waals surface area contributed by atoms with Crippen molar-refractivity contribution in [3.05, 3.63) is 5.56 Å². The summed E-state index contributed by atoms with van der Waals surface area (Å²) in [4.78, 5) is 14.1. The van der Waals surface area contributed by atoms with Crippen LogP contribution in [0.5, 0.6) is 0 Å². The van der Waals surface area contributed by atoms with Crippen molar-refractivity contribution < 1.29 is 9.53 Å². The molecular weight excluding hydrogens is 276 g/mol. The van der Waals surface area contributed by atoms with Gasteiger partial charge in [0.25, 0.3) is 0 Å². The van der Waals surface area contributed by atoms with Gasteiger partial charge >= 0.3 is 5.97 Å². The minimum absolute atomic E-state index is 0.241. The van der Waals surface area contributed by atoms with Crippen LogP contribution in [-0.4, -0.2) is 48.5 Å². The molecule has 1 saturated heterocycles. The summed E-state index contributed by atoms with van der Waals surface area (Å²) in [7, 11) is 1.35. The minimum Gasteiger partial charge on any atom is -0.465 e. The fourth-order valence-electron chi connectivity index (χ4n) is 2.47. The first kappa shape index (κ1) is 15.1. The molecule has 7 heteroatoms. The van der Waals surface area contributed by atoms with Crippen LogP contribution in [0.4, 0.5) is 10.8 Å². The fourth-order valence-corrected chi connectivity index (χ4v) is 3.17. The van der Waals surface area contributed by atoms with Crippen molar-refractivity contribution in [1.82, 2.24) is 9.27 Å². The molecule has 6 nitrogen and oxygen atoms in total. The van der Waals surface area contributed by atoms with Crippen LogP contribution in [0.1, 0.15) is 30.1 Å². The molecule has 0 aliphatic carbocycles. The number of nitrogen functional groups attached to an aromatic ring is 1. The number of aromatic nitrogens is 1. The van der Waals surface area contributed by atoms with Gasteiger partial charge in [0.2, 0.25) is 0 Å². The van der Waals surface area contributed by atoms with Crippen molar-refractivity contribution in [2.24, 2.45) is 5.92 Å². The number of ether oxygens (including phenoxy) is 1. The number of esters is 1. The number of methoxy groups -OCH3 is 1. The van der Waals surface area contributed by atoms with Gasteiger partial charge in [0.15, 0.2) is 5.82 Å². The normalized spacial score (nSPS) is 17.1. The van der Waals surface area contributed by atoms with Gasteiger partial charge < -0.3 is 20.7 Å².